The van der Waals surface area contributed by atoms with E-state index in [1.807, 2.05) is 0 Å². The molecule has 0 aliphatic carbocycles. The standard InChI is InChI=1S/C9H9NO3/c1-6(11)10-8-4-2-3-7(5-8)9(12)13/h2-5H,1H3,(H,10,11)(H,12,13)/p-1. The number of carbonyl (C=O) groups excluding carboxylic acids is 2. The van der Waals surface area contributed by atoms with Gasteiger partial charge in [-0.2, -0.15) is 0 Å². The average molecular weight is 178 g/mol. The lowest BCUT2D eigenvalue weighted by molar-refractivity contribution is -0.255. The van der Waals surface area contributed by atoms with Gasteiger partial charge in [0.05, 0.1) is 5.97 Å². The predicted octanol–water partition coefficient (Wildman–Crippen LogP) is 0.00850. The maximum Gasteiger partial charge on any atom is 0.221 e. The Labute approximate surface area is 75.2 Å². The van der Waals surface area contributed by atoms with Gasteiger partial charge < -0.3 is 15.2 Å². The minimum atomic E-state index is -1.26. The number of carbonyl (C=O) groups is 2. The Bertz CT molecular complexity index is 346. The van der Waals surface area contributed by atoms with Gasteiger partial charge in [0.2, 0.25) is 5.91 Å². The van der Waals surface area contributed by atoms with Crippen LogP contribution in [0.3, 0.4) is 0 Å². The van der Waals surface area contributed by atoms with E-state index in [-0.39, 0.29) is 11.5 Å². The van der Waals surface area contributed by atoms with Crippen LogP contribution >= 0.6 is 0 Å². The minimum Gasteiger partial charge on any atom is -0.545 e. The molecule has 0 spiro atoms. The first-order chi connectivity index (χ1) is 6.09. The normalized spacial score (nSPS) is 9.31. The molecule has 1 aromatic rings. The molecule has 0 atom stereocenters. The number of rotatable bonds is 2. The fourth-order valence-corrected chi connectivity index (χ4v) is 0.927. The molecule has 0 heterocycles. The number of carboxylic acid groups (broad SMARTS) is 1. The molecule has 0 unspecified atom stereocenters. The molecule has 1 N–H and O–H groups in total. The lowest BCUT2D eigenvalue weighted by atomic mass is 10.2. The van der Waals surface area contributed by atoms with E-state index in [1.165, 1.54) is 25.1 Å². The number of aromatic carboxylic acids is 1. The smallest absolute Gasteiger partial charge is 0.221 e. The van der Waals surface area contributed by atoms with E-state index in [4.69, 9.17) is 0 Å². The monoisotopic (exact) mass is 178 g/mol. The van der Waals surface area contributed by atoms with Gasteiger partial charge in [0, 0.05) is 12.6 Å². The SMILES string of the molecule is CC(=O)Nc1cccc(C(=O)[O-])c1. The maximum absolute atomic E-state index is 10.6. The average Bonchev–Trinajstić information content (AvgIpc) is 2.03. The first-order valence-electron chi connectivity index (χ1n) is 3.68. The molecule has 0 aromatic heterocycles. The van der Waals surface area contributed by atoms with Crippen LogP contribution in [0.4, 0.5) is 5.69 Å². The quantitative estimate of drug-likeness (QED) is 0.693. The highest BCUT2D eigenvalue weighted by Crippen LogP contribution is 2.09. The molecule has 0 aliphatic rings. The van der Waals surface area contributed by atoms with Crippen molar-refractivity contribution in [2.45, 2.75) is 6.92 Å². The van der Waals surface area contributed by atoms with E-state index in [2.05, 4.69) is 5.32 Å². The summed E-state index contributed by atoms with van der Waals surface area (Å²) in [6, 6.07) is 5.89. The van der Waals surface area contributed by atoms with Crippen LogP contribution < -0.4 is 10.4 Å². The Morgan fingerprint density at radius 2 is 2.08 bits per heavy atom. The summed E-state index contributed by atoms with van der Waals surface area (Å²) in [6.07, 6.45) is 0. The molecule has 13 heavy (non-hydrogen) atoms. The fourth-order valence-electron chi connectivity index (χ4n) is 0.927. The molecule has 68 valence electrons. The van der Waals surface area contributed by atoms with Crippen molar-refractivity contribution in [1.29, 1.82) is 0 Å². The Kier molecular flexibility index (Phi) is 2.64. The van der Waals surface area contributed by atoms with Crippen LogP contribution in [0.15, 0.2) is 24.3 Å². The van der Waals surface area contributed by atoms with Crippen LogP contribution in [0.5, 0.6) is 0 Å². The van der Waals surface area contributed by atoms with Crippen molar-refractivity contribution in [2.75, 3.05) is 5.32 Å². The second-order valence-electron chi connectivity index (χ2n) is 2.55. The molecule has 1 amide bonds. The minimum absolute atomic E-state index is 0.0475. The van der Waals surface area contributed by atoms with Gasteiger partial charge in [0.1, 0.15) is 0 Å². The van der Waals surface area contributed by atoms with Crippen LogP contribution in [-0.4, -0.2) is 11.9 Å². The molecule has 0 bridgehead atoms. The summed E-state index contributed by atoms with van der Waals surface area (Å²) < 4.78 is 0. The van der Waals surface area contributed by atoms with Crippen LogP contribution in [0, 0.1) is 0 Å². The van der Waals surface area contributed by atoms with Gasteiger partial charge in [0.25, 0.3) is 0 Å². The van der Waals surface area contributed by atoms with Crippen molar-refractivity contribution in [3.05, 3.63) is 29.8 Å². The summed E-state index contributed by atoms with van der Waals surface area (Å²) in [5.41, 5.74) is 0.500. The number of carboxylic acids is 1. The van der Waals surface area contributed by atoms with Crippen LogP contribution in [-0.2, 0) is 4.79 Å². The van der Waals surface area contributed by atoms with E-state index >= 15 is 0 Å². The third-order valence-corrected chi connectivity index (χ3v) is 1.42. The Hall–Kier alpha value is -1.84. The molecule has 0 saturated heterocycles. The lowest BCUT2D eigenvalue weighted by Gasteiger charge is -2.05. The number of hydrogen-bond acceptors (Lipinski definition) is 3. The van der Waals surface area contributed by atoms with Gasteiger partial charge in [-0.3, -0.25) is 4.79 Å². The first kappa shape index (κ1) is 9.25. The number of anilines is 1. The Balaban J connectivity index is 2.91. The highest BCUT2D eigenvalue weighted by Gasteiger charge is 1.97. The van der Waals surface area contributed by atoms with E-state index < -0.39 is 5.97 Å². The zero-order valence-corrected chi connectivity index (χ0v) is 7.03. The van der Waals surface area contributed by atoms with E-state index in [1.54, 1.807) is 6.07 Å². The van der Waals surface area contributed by atoms with Gasteiger partial charge in [0.15, 0.2) is 0 Å². The van der Waals surface area contributed by atoms with Crippen LogP contribution in [0.2, 0.25) is 0 Å². The predicted molar refractivity (Wildman–Crippen MR) is 45.1 cm³/mol. The molecular weight excluding hydrogens is 170 g/mol. The summed E-state index contributed by atoms with van der Waals surface area (Å²) in [5.74, 6) is -1.50. The highest BCUT2D eigenvalue weighted by molar-refractivity contribution is 5.92. The highest BCUT2D eigenvalue weighted by atomic mass is 16.4. The molecule has 0 radical (unpaired) electrons. The van der Waals surface area contributed by atoms with Gasteiger partial charge in [-0.15, -0.1) is 0 Å². The summed E-state index contributed by atoms with van der Waals surface area (Å²) >= 11 is 0. The van der Waals surface area contributed by atoms with Gasteiger partial charge >= 0.3 is 0 Å². The second-order valence-corrected chi connectivity index (χ2v) is 2.55. The molecule has 1 rings (SSSR count). The molecule has 4 heteroatoms. The molecule has 0 saturated carbocycles. The Morgan fingerprint density at radius 1 is 1.38 bits per heavy atom. The van der Waals surface area contributed by atoms with E-state index in [9.17, 15) is 14.7 Å². The van der Waals surface area contributed by atoms with Crippen LogP contribution in [0.1, 0.15) is 17.3 Å². The third kappa shape index (κ3) is 2.59. The van der Waals surface area contributed by atoms with Crippen molar-refractivity contribution in [2.24, 2.45) is 0 Å². The molecule has 1 aromatic carbocycles. The number of hydrogen-bond donors (Lipinski definition) is 1. The maximum atomic E-state index is 10.6. The molecule has 4 nitrogen and oxygen atoms in total. The third-order valence-electron chi connectivity index (χ3n) is 1.42. The number of nitrogens with one attached hydrogen (secondary N) is 1. The van der Waals surface area contributed by atoms with Gasteiger partial charge in [-0.1, -0.05) is 12.1 Å². The lowest BCUT2D eigenvalue weighted by Crippen LogP contribution is -2.22. The zero-order valence-electron chi connectivity index (χ0n) is 7.03. The van der Waals surface area contributed by atoms with Gasteiger partial charge in [-0.05, 0) is 17.7 Å². The molecule has 0 fully saturated rings. The zero-order chi connectivity index (χ0) is 9.84. The van der Waals surface area contributed by atoms with Crippen molar-refractivity contribution in [3.63, 3.8) is 0 Å². The van der Waals surface area contributed by atoms with Crippen molar-refractivity contribution < 1.29 is 14.7 Å². The van der Waals surface area contributed by atoms with Crippen molar-refractivity contribution >= 4 is 17.6 Å². The topological polar surface area (TPSA) is 69.2 Å². The molecular formula is C9H8NO3-. The number of benzene rings is 1. The largest absolute Gasteiger partial charge is 0.545 e. The van der Waals surface area contributed by atoms with Crippen molar-refractivity contribution in [1.82, 2.24) is 0 Å². The summed E-state index contributed by atoms with van der Waals surface area (Å²) in [5, 5.41) is 12.9. The summed E-state index contributed by atoms with van der Waals surface area (Å²) in [7, 11) is 0. The van der Waals surface area contributed by atoms with Crippen molar-refractivity contribution in [3.8, 4) is 0 Å². The van der Waals surface area contributed by atoms with Gasteiger partial charge in [-0.25, -0.2) is 0 Å². The molecule has 0 aliphatic heterocycles. The fraction of sp³-hybridized carbons (Fsp3) is 0.111. The van der Waals surface area contributed by atoms with E-state index in [0.717, 1.165) is 0 Å². The van der Waals surface area contributed by atoms with E-state index in [0.29, 0.717) is 5.69 Å². The first-order valence-corrected chi connectivity index (χ1v) is 3.68. The number of amides is 1. The van der Waals surface area contributed by atoms with Crippen LogP contribution in [0.25, 0.3) is 0 Å². The summed E-state index contributed by atoms with van der Waals surface area (Å²) in [4.78, 5) is 21.0. The Morgan fingerprint density at radius 3 is 2.62 bits per heavy atom. The second kappa shape index (κ2) is 3.71. The summed E-state index contributed by atoms with van der Waals surface area (Å²) in [6.45, 7) is 1.35.